The molecule has 100 valence electrons. The van der Waals surface area contributed by atoms with Crippen LogP contribution >= 0.6 is 0 Å². The highest BCUT2D eigenvalue weighted by molar-refractivity contribution is 5.62. The molecule has 0 unspecified atom stereocenters. The predicted molar refractivity (Wildman–Crippen MR) is 65.9 cm³/mol. The van der Waals surface area contributed by atoms with E-state index < -0.39 is 11.7 Å². The fourth-order valence-electron chi connectivity index (χ4n) is 1.63. The van der Waals surface area contributed by atoms with Crippen LogP contribution in [0.5, 0.6) is 0 Å². The molecule has 0 atom stereocenters. The highest BCUT2D eigenvalue weighted by Gasteiger charge is 2.33. The number of benzene rings is 1. The van der Waals surface area contributed by atoms with Crippen LogP contribution in [0.25, 0.3) is 0 Å². The average molecular weight is 268 g/mol. The zero-order chi connectivity index (χ0) is 14.0. The molecule has 1 heterocycles. The largest absolute Gasteiger partial charge is 0.418 e. The number of rotatable bonds is 2. The number of nitrogen functional groups attached to an aromatic ring is 1. The molecule has 0 aliphatic carbocycles. The van der Waals surface area contributed by atoms with E-state index in [0.29, 0.717) is 5.82 Å². The summed E-state index contributed by atoms with van der Waals surface area (Å²) in [5, 5.41) is 2.61. The highest BCUT2D eigenvalue weighted by atomic mass is 19.4. The van der Waals surface area contributed by atoms with Gasteiger partial charge < -0.3 is 11.1 Å². The Kier molecular flexibility index (Phi) is 3.28. The molecule has 0 aliphatic rings. The van der Waals surface area contributed by atoms with Crippen LogP contribution in [-0.2, 0) is 6.18 Å². The van der Waals surface area contributed by atoms with E-state index in [9.17, 15) is 13.2 Å². The van der Waals surface area contributed by atoms with E-state index >= 15 is 0 Å². The molecule has 7 heteroatoms. The molecule has 0 bridgehead atoms. The standard InChI is InChI=1S/C12H11F3N4/c1-7-17-10(16)6-11(18-7)19-9-5-3-2-4-8(9)12(13,14)15/h2-6H,1H3,(H3,16,17,18,19). The summed E-state index contributed by atoms with van der Waals surface area (Å²) >= 11 is 0. The summed E-state index contributed by atoms with van der Waals surface area (Å²) in [5.41, 5.74) is 4.69. The Labute approximate surface area is 107 Å². The van der Waals surface area contributed by atoms with E-state index in [1.807, 2.05) is 0 Å². The molecule has 0 saturated heterocycles. The lowest BCUT2D eigenvalue weighted by Crippen LogP contribution is -2.09. The van der Waals surface area contributed by atoms with E-state index in [4.69, 9.17) is 5.73 Å². The van der Waals surface area contributed by atoms with Crippen LogP contribution in [0.4, 0.5) is 30.5 Å². The quantitative estimate of drug-likeness (QED) is 0.878. The van der Waals surface area contributed by atoms with Crippen LogP contribution in [0, 0.1) is 6.92 Å². The number of nitrogens with zero attached hydrogens (tertiary/aromatic N) is 2. The number of nitrogens with one attached hydrogen (secondary N) is 1. The van der Waals surface area contributed by atoms with Crippen LogP contribution in [-0.4, -0.2) is 9.97 Å². The summed E-state index contributed by atoms with van der Waals surface area (Å²) < 4.78 is 38.4. The Morgan fingerprint density at radius 2 is 1.84 bits per heavy atom. The Hall–Kier alpha value is -2.31. The molecule has 0 spiro atoms. The van der Waals surface area contributed by atoms with Crippen molar-refractivity contribution >= 4 is 17.3 Å². The van der Waals surface area contributed by atoms with Crippen molar-refractivity contribution in [2.75, 3.05) is 11.1 Å². The first-order valence-corrected chi connectivity index (χ1v) is 5.40. The number of hydrogen-bond acceptors (Lipinski definition) is 4. The molecule has 0 fully saturated rings. The number of anilines is 3. The van der Waals surface area contributed by atoms with E-state index in [-0.39, 0.29) is 17.3 Å². The summed E-state index contributed by atoms with van der Waals surface area (Å²) in [5.74, 6) is 0.799. The van der Waals surface area contributed by atoms with Crippen molar-refractivity contribution in [1.82, 2.24) is 9.97 Å². The van der Waals surface area contributed by atoms with E-state index in [2.05, 4.69) is 15.3 Å². The zero-order valence-electron chi connectivity index (χ0n) is 9.99. The third-order valence-corrected chi connectivity index (χ3v) is 2.35. The Bertz CT molecular complexity index is 576. The van der Waals surface area contributed by atoms with Crippen LogP contribution in [0.2, 0.25) is 0 Å². The SMILES string of the molecule is Cc1nc(N)cc(Nc2ccccc2C(F)(F)F)n1. The van der Waals surface area contributed by atoms with Gasteiger partial charge in [0.15, 0.2) is 0 Å². The molecule has 0 radical (unpaired) electrons. The first-order valence-electron chi connectivity index (χ1n) is 5.40. The summed E-state index contributed by atoms with van der Waals surface area (Å²) in [6.45, 7) is 1.61. The molecule has 2 rings (SSSR count). The van der Waals surface area contributed by atoms with Gasteiger partial charge in [-0.3, -0.25) is 0 Å². The van der Waals surface area contributed by atoms with Gasteiger partial charge in [-0.15, -0.1) is 0 Å². The van der Waals surface area contributed by atoms with Gasteiger partial charge in [-0.1, -0.05) is 12.1 Å². The van der Waals surface area contributed by atoms with Gasteiger partial charge in [0, 0.05) is 6.07 Å². The minimum atomic E-state index is -4.43. The van der Waals surface area contributed by atoms with Gasteiger partial charge >= 0.3 is 6.18 Å². The van der Waals surface area contributed by atoms with Crippen molar-refractivity contribution in [2.45, 2.75) is 13.1 Å². The molecule has 0 aliphatic heterocycles. The number of aromatic nitrogens is 2. The van der Waals surface area contributed by atoms with Gasteiger partial charge in [-0.25, -0.2) is 9.97 Å². The Morgan fingerprint density at radius 1 is 1.16 bits per heavy atom. The second-order valence-electron chi connectivity index (χ2n) is 3.89. The van der Waals surface area contributed by atoms with Gasteiger partial charge in [0.1, 0.15) is 17.5 Å². The molecule has 4 nitrogen and oxygen atoms in total. The van der Waals surface area contributed by atoms with Crippen LogP contribution in [0.3, 0.4) is 0 Å². The van der Waals surface area contributed by atoms with Crippen molar-refractivity contribution in [3.8, 4) is 0 Å². The number of nitrogens with two attached hydrogens (primary N) is 1. The second-order valence-corrected chi connectivity index (χ2v) is 3.89. The maximum Gasteiger partial charge on any atom is 0.418 e. The molecular formula is C12H11F3N4. The van der Waals surface area contributed by atoms with Crippen molar-refractivity contribution < 1.29 is 13.2 Å². The van der Waals surface area contributed by atoms with Gasteiger partial charge in [-0.2, -0.15) is 13.2 Å². The Balaban J connectivity index is 2.38. The summed E-state index contributed by atoms with van der Waals surface area (Å²) in [4.78, 5) is 7.83. The number of alkyl halides is 3. The van der Waals surface area contributed by atoms with E-state index in [1.54, 1.807) is 6.92 Å². The van der Waals surface area contributed by atoms with Gasteiger partial charge in [-0.05, 0) is 19.1 Å². The highest BCUT2D eigenvalue weighted by Crippen LogP contribution is 2.35. The third kappa shape index (κ3) is 3.12. The Morgan fingerprint density at radius 3 is 2.47 bits per heavy atom. The molecule has 3 N–H and O–H groups in total. The number of aryl methyl sites for hydroxylation is 1. The normalized spacial score (nSPS) is 11.4. The van der Waals surface area contributed by atoms with Gasteiger partial charge in [0.05, 0.1) is 11.3 Å². The molecule has 19 heavy (non-hydrogen) atoms. The first kappa shape index (κ1) is 13.1. The molecule has 1 aromatic heterocycles. The second kappa shape index (κ2) is 4.75. The molecular weight excluding hydrogens is 257 g/mol. The minimum absolute atomic E-state index is 0.0764. The molecule has 0 saturated carbocycles. The van der Waals surface area contributed by atoms with Gasteiger partial charge in [0.2, 0.25) is 0 Å². The molecule has 2 aromatic rings. The van der Waals surface area contributed by atoms with Gasteiger partial charge in [0.25, 0.3) is 0 Å². The van der Waals surface area contributed by atoms with Crippen LogP contribution < -0.4 is 11.1 Å². The lowest BCUT2D eigenvalue weighted by atomic mass is 10.1. The summed E-state index contributed by atoms with van der Waals surface area (Å²) in [6, 6.07) is 6.54. The molecule has 0 amide bonds. The van der Waals surface area contributed by atoms with Crippen molar-refractivity contribution in [3.05, 3.63) is 41.7 Å². The predicted octanol–water partition coefficient (Wildman–Crippen LogP) is 3.13. The zero-order valence-corrected chi connectivity index (χ0v) is 9.99. The lowest BCUT2D eigenvalue weighted by molar-refractivity contribution is -0.136. The van der Waals surface area contributed by atoms with E-state index in [1.165, 1.54) is 24.3 Å². The van der Waals surface area contributed by atoms with E-state index in [0.717, 1.165) is 6.07 Å². The summed E-state index contributed by atoms with van der Waals surface area (Å²) in [7, 11) is 0. The topological polar surface area (TPSA) is 63.8 Å². The smallest absolute Gasteiger partial charge is 0.384 e. The van der Waals surface area contributed by atoms with Crippen LogP contribution in [0.1, 0.15) is 11.4 Å². The maximum atomic E-state index is 12.8. The number of para-hydroxylation sites is 1. The fourth-order valence-corrected chi connectivity index (χ4v) is 1.63. The monoisotopic (exact) mass is 268 g/mol. The van der Waals surface area contributed by atoms with Crippen molar-refractivity contribution in [3.63, 3.8) is 0 Å². The molecule has 1 aromatic carbocycles. The maximum absolute atomic E-state index is 12.8. The first-order chi connectivity index (χ1) is 8.86. The average Bonchev–Trinajstić information content (AvgIpc) is 2.26. The number of hydrogen-bond donors (Lipinski definition) is 2. The fraction of sp³-hybridized carbons (Fsp3) is 0.167. The summed E-state index contributed by atoms with van der Waals surface area (Å²) in [6.07, 6.45) is -4.43. The number of halogens is 3. The van der Waals surface area contributed by atoms with Crippen molar-refractivity contribution in [1.29, 1.82) is 0 Å². The minimum Gasteiger partial charge on any atom is -0.384 e. The van der Waals surface area contributed by atoms with Crippen molar-refractivity contribution in [2.24, 2.45) is 0 Å². The lowest BCUT2D eigenvalue weighted by Gasteiger charge is -2.14. The van der Waals surface area contributed by atoms with Crippen LogP contribution in [0.15, 0.2) is 30.3 Å². The third-order valence-electron chi connectivity index (χ3n) is 2.35.